The number of hydrogen-bond acceptors (Lipinski definition) is 2. The summed E-state index contributed by atoms with van der Waals surface area (Å²) in [6.45, 7) is 1.69. The van der Waals surface area contributed by atoms with Crippen LogP contribution in [0.5, 0.6) is 0 Å². The summed E-state index contributed by atoms with van der Waals surface area (Å²) in [7, 11) is 0. The second-order valence-electron chi connectivity index (χ2n) is 5.09. The number of urea groups is 1. The molecule has 2 fully saturated rings. The highest BCUT2D eigenvalue weighted by molar-refractivity contribution is 7.98. The van der Waals surface area contributed by atoms with E-state index in [0.29, 0.717) is 5.41 Å². The zero-order chi connectivity index (χ0) is 11.4. The maximum Gasteiger partial charge on any atom is 0.314 e. The van der Waals surface area contributed by atoms with E-state index in [1.54, 1.807) is 0 Å². The highest BCUT2D eigenvalue weighted by Gasteiger charge is 2.53. The summed E-state index contributed by atoms with van der Waals surface area (Å²) in [5.41, 5.74) is 0.511. The molecule has 2 N–H and O–H groups in total. The molecule has 0 spiro atoms. The lowest BCUT2D eigenvalue weighted by Crippen LogP contribution is -2.39. The molecule has 0 aliphatic heterocycles. The molecule has 2 amide bonds. The molecule has 92 valence electrons. The molecule has 0 aromatic carbocycles. The Morgan fingerprint density at radius 2 is 2.12 bits per heavy atom. The molecule has 16 heavy (non-hydrogen) atoms. The van der Waals surface area contributed by atoms with E-state index in [2.05, 4.69) is 16.9 Å². The van der Waals surface area contributed by atoms with Gasteiger partial charge >= 0.3 is 6.03 Å². The average molecular weight is 242 g/mol. The summed E-state index contributed by atoms with van der Waals surface area (Å²) in [6.07, 6.45) is 8.57. The van der Waals surface area contributed by atoms with Crippen LogP contribution >= 0.6 is 11.8 Å². The minimum atomic E-state index is 0.0213. The third kappa shape index (κ3) is 3.30. The predicted molar refractivity (Wildman–Crippen MR) is 68.8 cm³/mol. The van der Waals surface area contributed by atoms with Crippen molar-refractivity contribution in [1.82, 2.24) is 10.6 Å². The van der Waals surface area contributed by atoms with Gasteiger partial charge in [0.2, 0.25) is 0 Å². The van der Waals surface area contributed by atoms with Gasteiger partial charge in [-0.25, -0.2) is 4.79 Å². The molecule has 4 heteroatoms. The van der Waals surface area contributed by atoms with E-state index in [4.69, 9.17) is 0 Å². The van der Waals surface area contributed by atoms with Crippen LogP contribution in [0, 0.1) is 11.3 Å². The largest absolute Gasteiger partial charge is 0.338 e. The Labute approximate surface area is 102 Å². The molecule has 0 saturated heterocycles. The summed E-state index contributed by atoms with van der Waals surface area (Å²) in [6, 6.07) is 0.0213. The van der Waals surface area contributed by atoms with Crippen LogP contribution in [0.1, 0.15) is 32.1 Å². The zero-order valence-electron chi connectivity index (χ0n) is 10.1. The average Bonchev–Trinajstić information content (AvgIpc) is 3.14. The lowest BCUT2D eigenvalue weighted by atomic mass is 10.0. The summed E-state index contributed by atoms with van der Waals surface area (Å²) in [5, 5.41) is 5.94. The van der Waals surface area contributed by atoms with Gasteiger partial charge in [0.25, 0.3) is 0 Å². The van der Waals surface area contributed by atoms with Crippen molar-refractivity contribution in [2.24, 2.45) is 11.3 Å². The van der Waals surface area contributed by atoms with Crippen molar-refractivity contribution in [3.8, 4) is 0 Å². The van der Waals surface area contributed by atoms with Gasteiger partial charge in [0.15, 0.2) is 0 Å². The topological polar surface area (TPSA) is 41.1 Å². The molecule has 0 radical (unpaired) electrons. The van der Waals surface area contributed by atoms with Crippen molar-refractivity contribution in [3.05, 3.63) is 0 Å². The van der Waals surface area contributed by atoms with Gasteiger partial charge in [-0.15, -0.1) is 0 Å². The highest BCUT2D eigenvalue weighted by atomic mass is 32.2. The quantitative estimate of drug-likeness (QED) is 0.672. The van der Waals surface area contributed by atoms with Crippen LogP contribution in [0.4, 0.5) is 4.79 Å². The normalized spacial score (nSPS) is 21.6. The molecule has 0 bridgehead atoms. The van der Waals surface area contributed by atoms with Crippen LogP contribution in [0.2, 0.25) is 0 Å². The molecule has 2 saturated carbocycles. The Kier molecular flexibility index (Phi) is 4.00. The maximum absolute atomic E-state index is 11.5. The van der Waals surface area contributed by atoms with Crippen molar-refractivity contribution in [1.29, 1.82) is 0 Å². The number of amides is 2. The lowest BCUT2D eigenvalue weighted by Gasteiger charge is -2.15. The number of carbonyl (C=O) groups is 1. The van der Waals surface area contributed by atoms with E-state index in [1.165, 1.54) is 25.7 Å². The van der Waals surface area contributed by atoms with E-state index in [0.717, 1.165) is 31.2 Å². The second-order valence-corrected chi connectivity index (χ2v) is 6.08. The number of carbonyl (C=O) groups excluding carboxylic acids is 1. The summed E-state index contributed by atoms with van der Waals surface area (Å²) in [5.74, 6) is 2.04. The fraction of sp³-hybridized carbons (Fsp3) is 0.917. The van der Waals surface area contributed by atoms with Crippen molar-refractivity contribution in [2.45, 2.75) is 32.1 Å². The Balaban J connectivity index is 1.54. The first-order chi connectivity index (χ1) is 7.77. The SMILES string of the molecule is CSCCCNC(=O)NCC1(C2CC2)CC1. The number of nitrogens with one attached hydrogen (secondary N) is 2. The molecule has 3 nitrogen and oxygen atoms in total. The number of hydrogen-bond donors (Lipinski definition) is 2. The Hall–Kier alpha value is -0.380. The maximum atomic E-state index is 11.5. The Morgan fingerprint density at radius 1 is 1.38 bits per heavy atom. The fourth-order valence-electron chi connectivity index (χ4n) is 2.32. The first kappa shape index (κ1) is 12.1. The minimum absolute atomic E-state index is 0.0213. The monoisotopic (exact) mass is 242 g/mol. The molecular formula is C12H22N2OS. The van der Waals surface area contributed by atoms with Gasteiger partial charge < -0.3 is 10.6 Å². The Bertz CT molecular complexity index is 249. The van der Waals surface area contributed by atoms with Crippen LogP contribution in [0.3, 0.4) is 0 Å². The summed E-state index contributed by atoms with van der Waals surface area (Å²) in [4.78, 5) is 11.5. The molecule has 0 atom stereocenters. The molecule has 0 unspecified atom stereocenters. The molecular weight excluding hydrogens is 220 g/mol. The van der Waals surface area contributed by atoms with Gasteiger partial charge in [0.05, 0.1) is 0 Å². The van der Waals surface area contributed by atoms with Gasteiger partial charge in [-0.1, -0.05) is 0 Å². The van der Waals surface area contributed by atoms with Crippen LogP contribution in [-0.4, -0.2) is 31.1 Å². The van der Waals surface area contributed by atoms with Crippen LogP contribution in [0.25, 0.3) is 0 Å². The summed E-state index contributed by atoms with van der Waals surface area (Å²) < 4.78 is 0. The zero-order valence-corrected chi connectivity index (χ0v) is 10.9. The van der Waals surface area contributed by atoms with Gasteiger partial charge in [-0.05, 0) is 55.4 Å². The smallest absolute Gasteiger partial charge is 0.314 e. The second kappa shape index (κ2) is 5.30. The van der Waals surface area contributed by atoms with E-state index < -0.39 is 0 Å². The third-order valence-corrected chi connectivity index (χ3v) is 4.44. The molecule has 0 heterocycles. The molecule has 0 aromatic rings. The van der Waals surface area contributed by atoms with E-state index >= 15 is 0 Å². The van der Waals surface area contributed by atoms with Crippen molar-refractivity contribution in [3.63, 3.8) is 0 Å². The van der Waals surface area contributed by atoms with Crippen LogP contribution in [0.15, 0.2) is 0 Å². The number of rotatable bonds is 7. The van der Waals surface area contributed by atoms with Crippen LogP contribution < -0.4 is 10.6 Å². The van der Waals surface area contributed by atoms with E-state index in [9.17, 15) is 4.79 Å². The first-order valence-electron chi connectivity index (χ1n) is 6.27. The highest BCUT2D eigenvalue weighted by Crippen LogP contribution is 2.60. The lowest BCUT2D eigenvalue weighted by molar-refractivity contribution is 0.237. The van der Waals surface area contributed by atoms with Crippen molar-refractivity contribution in [2.75, 3.05) is 25.1 Å². The Morgan fingerprint density at radius 3 is 2.69 bits per heavy atom. The van der Waals surface area contributed by atoms with E-state index in [1.807, 2.05) is 11.8 Å². The first-order valence-corrected chi connectivity index (χ1v) is 7.67. The molecule has 2 rings (SSSR count). The third-order valence-electron chi connectivity index (χ3n) is 3.75. The molecule has 2 aliphatic carbocycles. The van der Waals surface area contributed by atoms with Crippen molar-refractivity contribution >= 4 is 17.8 Å². The standard InChI is InChI=1S/C12H22N2OS/c1-16-8-2-7-13-11(15)14-9-12(5-6-12)10-3-4-10/h10H,2-9H2,1H3,(H2,13,14,15). The number of thioether (sulfide) groups is 1. The molecule has 0 aromatic heterocycles. The summed E-state index contributed by atoms with van der Waals surface area (Å²) >= 11 is 1.82. The van der Waals surface area contributed by atoms with Gasteiger partial charge in [-0.2, -0.15) is 11.8 Å². The predicted octanol–water partition coefficient (Wildman–Crippen LogP) is 2.23. The fourth-order valence-corrected chi connectivity index (χ4v) is 2.76. The van der Waals surface area contributed by atoms with Gasteiger partial charge in [0.1, 0.15) is 0 Å². The molecule has 2 aliphatic rings. The van der Waals surface area contributed by atoms with Crippen molar-refractivity contribution < 1.29 is 4.79 Å². The van der Waals surface area contributed by atoms with E-state index in [-0.39, 0.29) is 6.03 Å². The van der Waals surface area contributed by atoms with Crippen LogP contribution in [-0.2, 0) is 0 Å². The van der Waals surface area contributed by atoms with Gasteiger partial charge in [-0.3, -0.25) is 0 Å². The minimum Gasteiger partial charge on any atom is -0.338 e. The van der Waals surface area contributed by atoms with Gasteiger partial charge in [0, 0.05) is 13.1 Å².